The van der Waals surface area contributed by atoms with Crippen molar-refractivity contribution in [2.45, 2.75) is 56.5 Å². The lowest BCUT2D eigenvalue weighted by molar-refractivity contribution is -0.347. The molecule has 148 valence electrons. The molecule has 0 saturated heterocycles. The van der Waals surface area contributed by atoms with E-state index in [2.05, 4.69) is 13.0 Å². The number of hydrogen-bond donors (Lipinski definition) is 1. The number of methoxy groups -OCH3 is 4. The molecule has 3 unspecified atom stereocenters. The summed E-state index contributed by atoms with van der Waals surface area (Å²) >= 11 is 0. The van der Waals surface area contributed by atoms with Crippen molar-refractivity contribution in [1.29, 1.82) is 0 Å². The fourth-order valence-corrected chi connectivity index (χ4v) is 4.75. The summed E-state index contributed by atoms with van der Waals surface area (Å²) in [5, 5.41) is 0. The van der Waals surface area contributed by atoms with E-state index in [0.717, 1.165) is 43.4 Å². The highest BCUT2D eigenvalue weighted by Crippen LogP contribution is 2.60. The Morgan fingerprint density at radius 1 is 0.962 bits per heavy atom. The molecule has 0 radical (unpaired) electrons. The largest absolute Gasteiger partial charge is 0.373 e. The maximum absolute atomic E-state index is 6.23. The summed E-state index contributed by atoms with van der Waals surface area (Å²) in [7, 11) is 6.82. The van der Waals surface area contributed by atoms with Gasteiger partial charge < -0.3 is 24.7 Å². The highest BCUT2D eigenvalue weighted by Gasteiger charge is 2.68. The third kappa shape index (κ3) is 3.20. The van der Waals surface area contributed by atoms with Gasteiger partial charge in [-0.15, -0.1) is 0 Å². The molecule has 0 heterocycles. The Bertz CT molecular complexity index is 561. The molecule has 5 nitrogen and oxygen atoms in total. The van der Waals surface area contributed by atoms with Crippen LogP contribution in [0.5, 0.6) is 0 Å². The molecule has 2 rings (SSSR count). The van der Waals surface area contributed by atoms with Crippen molar-refractivity contribution in [1.82, 2.24) is 0 Å². The standard InChI is InChI=1S/C21H35NO4/c1-16(12-8-6-7-11-15-22)20(24-3)19(23-2)17-13-9-10-14-18(17)21(20,25-4)26-5/h9-10,13-14,16,19H,6-8,11-12,15,22H2,1-5H3. The van der Waals surface area contributed by atoms with Crippen molar-refractivity contribution >= 4 is 0 Å². The van der Waals surface area contributed by atoms with Gasteiger partial charge in [0.2, 0.25) is 5.79 Å². The Kier molecular flexibility index (Phi) is 7.62. The van der Waals surface area contributed by atoms with Crippen LogP contribution in [-0.2, 0) is 24.7 Å². The van der Waals surface area contributed by atoms with Gasteiger partial charge in [-0.2, -0.15) is 0 Å². The summed E-state index contributed by atoms with van der Waals surface area (Å²) in [6, 6.07) is 8.14. The highest BCUT2D eigenvalue weighted by atomic mass is 16.7. The van der Waals surface area contributed by atoms with Gasteiger partial charge in [0.1, 0.15) is 6.10 Å². The molecular formula is C21H35NO4. The molecule has 0 aromatic heterocycles. The SMILES string of the molecule is COC1c2ccccc2C(OC)(OC)C1(OC)C(C)CCCCCCN. The van der Waals surface area contributed by atoms with Crippen molar-refractivity contribution in [2.75, 3.05) is 35.0 Å². The highest BCUT2D eigenvalue weighted by molar-refractivity contribution is 5.44. The maximum atomic E-state index is 6.23. The van der Waals surface area contributed by atoms with Gasteiger partial charge in [-0.1, -0.05) is 50.5 Å². The average molecular weight is 366 g/mol. The van der Waals surface area contributed by atoms with Gasteiger partial charge in [-0.3, -0.25) is 0 Å². The summed E-state index contributed by atoms with van der Waals surface area (Å²) < 4.78 is 24.3. The third-order valence-corrected chi connectivity index (χ3v) is 5.97. The van der Waals surface area contributed by atoms with E-state index < -0.39 is 11.4 Å². The zero-order chi connectivity index (χ0) is 19.2. The van der Waals surface area contributed by atoms with Crippen LogP contribution in [0.15, 0.2) is 24.3 Å². The first-order valence-electron chi connectivity index (χ1n) is 9.57. The molecule has 1 aliphatic rings. The van der Waals surface area contributed by atoms with Crippen LogP contribution in [0, 0.1) is 5.92 Å². The Morgan fingerprint density at radius 3 is 2.19 bits per heavy atom. The van der Waals surface area contributed by atoms with E-state index in [4.69, 9.17) is 24.7 Å². The first-order chi connectivity index (χ1) is 12.6. The van der Waals surface area contributed by atoms with Gasteiger partial charge in [-0.25, -0.2) is 0 Å². The molecule has 26 heavy (non-hydrogen) atoms. The average Bonchev–Trinajstić information content (AvgIpc) is 2.93. The molecule has 0 bridgehead atoms. The molecule has 2 N–H and O–H groups in total. The van der Waals surface area contributed by atoms with Crippen LogP contribution in [0.25, 0.3) is 0 Å². The summed E-state index contributed by atoms with van der Waals surface area (Å²) in [5.74, 6) is -0.835. The third-order valence-electron chi connectivity index (χ3n) is 5.97. The predicted octanol–water partition coefficient (Wildman–Crippen LogP) is 3.76. The molecule has 1 aromatic rings. The molecule has 0 spiro atoms. The van der Waals surface area contributed by atoms with Gasteiger partial charge in [0.15, 0.2) is 5.60 Å². The normalized spacial score (nSPS) is 25.2. The van der Waals surface area contributed by atoms with E-state index in [1.54, 1.807) is 28.4 Å². The lowest BCUT2D eigenvalue weighted by Gasteiger charge is -2.48. The minimum absolute atomic E-state index is 0.169. The van der Waals surface area contributed by atoms with Crippen LogP contribution in [0.1, 0.15) is 56.3 Å². The Hall–Kier alpha value is -0.980. The molecule has 1 aliphatic carbocycles. The second-order valence-electron chi connectivity index (χ2n) is 7.12. The lowest BCUT2D eigenvalue weighted by atomic mass is 9.76. The van der Waals surface area contributed by atoms with E-state index in [9.17, 15) is 0 Å². The first-order valence-corrected chi connectivity index (χ1v) is 9.57. The van der Waals surface area contributed by atoms with Crippen LogP contribution >= 0.6 is 0 Å². The van der Waals surface area contributed by atoms with Crippen LogP contribution in [0.3, 0.4) is 0 Å². The molecule has 3 atom stereocenters. The van der Waals surface area contributed by atoms with Crippen molar-refractivity contribution < 1.29 is 18.9 Å². The topological polar surface area (TPSA) is 62.9 Å². The Morgan fingerprint density at radius 2 is 1.62 bits per heavy atom. The van der Waals surface area contributed by atoms with Crippen molar-refractivity contribution in [3.05, 3.63) is 35.4 Å². The van der Waals surface area contributed by atoms with Crippen molar-refractivity contribution in [3.63, 3.8) is 0 Å². The molecular weight excluding hydrogens is 330 g/mol. The monoisotopic (exact) mass is 365 g/mol. The molecule has 1 aromatic carbocycles. The van der Waals surface area contributed by atoms with Gasteiger partial charge in [0.05, 0.1) is 0 Å². The zero-order valence-corrected chi connectivity index (χ0v) is 16.9. The number of rotatable bonds is 11. The lowest BCUT2D eigenvalue weighted by Crippen LogP contribution is -2.59. The van der Waals surface area contributed by atoms with Gasteiger partial charge in [0.25, 0.3) is 0 Å². The number of hydrogen-bond acceptors (Lipinski definition) is 5. The van der Waals surface area contributed by atoms with Crippen LogP contribution in [0.4, 0.5) is 0 Å². The fraction of sp³-hybridized carbons (Fsp3) is 0.714. The minimum atomic E-state index is -1.00. The van der Waals surface area contributed by atoms with Gasteiger partial charge in [0, 0.05) is 34.0 Å². The summed E-state index contributed by atoms with van der Waals surface area (Å²) in [5.41, 5.74) is 6.88. The second-order valence-corrected chi connectivity index (χ2v) is 7.12. The van der Waals surface area contributed by atoms with Crippen molar-refractivity contribution in [2.24, 2.45) is 11.7 Å². The minimum Gasteiger partial charge on any atom is -0.373 e. The van der Waals surface area contributed by atoms with Gasteiger partial charge >= 0.3 is 0 Å². The van der Waals surface area contributed by atoms with Crippen LogP contribution < -0.4 is 5.73 Å². The summed E-state index contributed by atoms with van der Waals surface area (Å²) in [6.45, 7) is 2.96. The zero-order valence-electron chi connectivity index (χ0n) is 16.9. The Balaban J connectivity index is 2.39. The Labute approximate surface area is 158 Å². The number of ether oxygens (including phenoxy) is 4. The molecule has 5 heteroatoms. The van der Waals surface area contributed by atoms with E-state index in [1.165, 1.54) is 6.42 Å². The van der Waals surface area contributed by atoms with Crippen LogP contribution in [0.2, 0.25) is 0 Å². The van der Waals surface area contributed by atoms with E-state index in [1.807, 2.05) is 18.2 Å². The molecule has 0 aliphatic heterocycles. The van der Waals surface area contributed by atoms with E-state index in [-0.39, 0.29) is 12.0 Å². The van der Waals surface area contributed by atoms with Crippen molar-refractivity contribution in [3.8, 4) is 0 Å². The number of fused-ring (bicyclic) bond motifs is 1. The smallest absolute Gasteiger partial charge is 0.228 e. The maximum Gasteiger partial charge on any atom is 0.228 e. The fourth-order valence-electron chi connectivity index (χ4n) is 4.75. The molecule has 0 saturated carbocycles. The summed E-state index contributed by atoms with van der Waals surface area (Å²) in [6.07, 6.45) is 5.26. The first kappa shape index (κ1) is 21.3. The van der Waals surface area contributed by atoms with Crippen LogP contribution in [-0.4, -0.2) is 40.6 Å². The second kappa shape index (κ2) is 9.29. The number of benzene rings is 1. The summed E-state index contributed by atoms with van der Waals surface area (Å²) in [4.78, 5) is 0. The van der Waals surface area contributed by atoms with Gasteiger partial charge in [-0.05, 0) is 30.9 Å². The number of unbranched alkanes of at least 4 members (excludes halogenated alkanes) is 3. The van der Waals surface area contributed by atoms with E-state index in [0.29, 0.717) is 0 Å². The molecule has 0 fully saturated rings. The molecule has 0 amide bonds. The van der Waals surface area contributed by atoms with E-state index >= 15 is 0 Å². The predicted molar refractivity (Wildman–Crippen MR) is 103 cm³/mol. The quantitative estimate of drug-likeness (QED) is 0.478. The number of nitrogens with two attached hydrogens (primary N) is 1.